The number of nitrogens with zero attached hydrogens (tertiary/aromatic N) is 3. The van der Waals surface area contributed by atoms with Crippen molar-refractivity contribution in [1.29, 1.82) is 0 Å². The quantitative estimate of drug-likeness (QED) is 0.450. The van der Waals surface area contributed by atoms with Crippen LogP contribution in [-0.2, 0) is 0 Å². The summed E-state index contributed by atoms with van der Waals surface area (Å²) in [4.78, 5) is 19.1. The predicted octanol–water partition coefficient (Wildman–Crippen LogP) is 3.55. The van der Waals surface area contributed by atoms with Crippen LogP contribution in [0.1, 0.15) is 10.5 Å². The highest BCUT2D eigenvalue weighted by Gasteiger charge is 2.34. The number of rotatable bonds is 7. The highest BCUT2D eigenvalue weighted by Crippen LogP contribution is 2.41. The number of H-pyrrole nitrogens is 1. The first-order valence-electron chi connectivity index (χ1n) is 10.8. The van der Waals surface area contributed by atoms with Gasteiger partial charge in [-0.05, 0) is 30.3 Å². The topological polar surface area (TPSA) is 98.8 Å². The summed E-state index contributed by atoms with van der Waals surface area (Å²) in [5.41, 5.74) is 2.60. The Labute approximate surface area is 196 Å². The molecule has 174 valence electrons. The van der Waals surface area contributed by atoms with Crippen molar-refractivity contribution < 1.29 is 23.7 Å². The van der Waals surface area contributed by atoms with E-state index in [0.29, 0.717) is 47.6 Å². The van der Waals surface area contributed by atoms with Crippen molar-refractivity contribution in [3.63, 3.8) is 0 Å². The molecule has 0 aliphatic carbocycles. The molecule has 34 heavy (non-hydrogen) atoms. The highest BCUT2D eigenvalue weighted by molar-refractivity contribution is 5.94. The second-order valence-corrected chi connectivity index (χ2v) is 7.87. The van der Waals surface area contributed by atoms with Gasteiger partial charge in [-0.3, -0.25) is 9.89 Å². The van der Waals surface area contributed by atoms with E-state index in [1.807, 2.05) is 36.4 Å². The summed E-state index contributed by atoms with van der Waals surface area (Å²) >= 11 is 0. The lowest BCUT2D eigenvalue weighted by atomic mass is 10.1. The fourth-order valence-electron chi connectivity index (χ4n) is 3.94. The first kappa shape index (κ1) is 21.6. The van der Waals surface area contributed by atoms with E-state index in [9.17, 15) is 4.79 Å². The molecule has 1 aliphatic heterocycles. The van der Waals surface area contributed by atoms with Crippen LogP contribution in [0, 0.1) is 0 Å². The Morgan fingerprint density at radius 3 is 2.41 bits per heavy atom. The van der Waals surface area contributed by atoms with Gasteiger partial charge in [-0.25, -0.2) is 4.98 Å². The zero-order chi connectivity index (χ0) is 23.7. The van der Waals surface area contributed by atoms with Crippen molar-refractivity contribution in [2.45, 2.75) is 6.10 Å². The molecule has 2 aromatic carbocycles. The molecule has 2 aromatic heterocycles. The minimum absolute atomic E-state index is 0.102. The van der Waals surface area contributed by atoms with Crippen LogP contribution in [0.25, 0.3) is 22.2 Å². The van der Waals surface area contributed by atoms with Gasteiger partial charge in [0.15, 0.2) is 11.5 Å². The van der Waals surface area contributed by atoms with Gasteiger partial charge in [0, 0.05) is 17.0 Å². The van der Waals surface area contributed by atoms with Gasteiger partial charge in [-0.1, -0.05) is 18.2 Å². The molecule has 1 saturated heterocycles. The van der Waals surface area contributed by atoms with E-state index < -0.39 is 0 Å². The Morgan fingerprint density at radius 2 is 1.71 bits per heavy atom. The minimum Gasteiger partial charge on any atom is -0.493 e. The highest BCUT2D eigenvalue weighted by atomic mass is 16.5. The lowest BCUT2D eigenvalue weighted by Crippen LogP contribution is -2.56. The molecule has 0 radical (unpaired) electrons. The van der Waals surface area contributed by atoms with E-state index in [4.69, 9.17) is 18.9 Å². The van der Waals surface area contributed by atoms with Gasteiger partial charge in [0.05, 0.1) is 45.6 Å². The van der Waals surface area contributed by atoms with E-state index in [1.165, 1.54) is 0 Å². The molecule has 0 unspecified atom stereocenters. The lowest BCUT2D eigenvalue weighted by molar-refractivity contribution is 0.0157. The Bertz CT molecular complexity index is 1320. The summed E-state index contributed by atoms with van der Waals surface area (Å²) < 4.78 is 22.1. The van der Waals surface area contributed by atoms with Crippen LogP contribution < -0.4 is 18.9 Å². The van der Waals surface area contributed by atoms with Crippen LogP contribution >= 0.6 is 0 Å². The van der Waals surface area contributed by atoms with Crippen LogP contribution in [0.2, 0.25) is 0 Å². The molecular weight excluding hydrogens is 436 g/mol. The molecular formula is C25H24N4O5. The van der Waals surface area contributed by atoms with Crippen LogP contribution in [-0.4, -0.2) is 66.5 Å². The molecule has 9 nitrogen and oxygen atoms in total. The van der Waals surface area contributed by atoms with Gasteiger partial charge in [0.1, 0.15) is 11.8 Å². The van der Waals surface area contributed by atoms with Crippen LogP contribution in [0.5, 0.6) is 23.1 Å². The van der Waals surface area contributed by atoms with E-state index in [0.717, 1.165) is 16.5 Å². The van der Waals surface area contributed by atoms with Crippen LogP contribution in [0.4, 0.5) is 0 Å². The Morgan fingerprint density at radius 1 is 0.971 bits per heavy atom. The zero-order valence-electron chi connectivity index (χ0n) is 19.1. The summed E-state index contributed by atoms with van der Waals surface area (Å²) in [5.74, 6) is 1.93. The third kappa shape index (κ3) is 3.96. The maximum atomic E-state index is 12.9. The smallest absolute Gasteiger partial charge is 0.272 e. The molecule has 9 heteroatoms. The van der Waals surface area contributed by atoms with E-state index in [1.54, 1.807) is 44.4 Å². The molecule has 1 amide bonds. The van der Waals surface area contributed by atoms with Gasteiger partial charge in [-0.2, -0.15) is 5.10 Å². The minimum atomic E-state index is -0.141. The predicted molar refractivity (Wildman–Crippen MR) is 126 cm³/mol. The number of pyridine rings is 1. The van der Waals surface area contributed by atoms with Crippen LogP contribution in [0.3, 0.4) is 0 Å². The number of hydrogen-bond acceptors (Lipinski definition) is 7. The number of benzene rings is 2. The van der Waals surface area contributed by atoms with E-state index in [-0.39, 0.29) is 12.0 Å². The number of fused-ring (bicyclic) bond motifs is 1. The number of aromatic amines is 1. The van der Waals surface area contributed by atoms with Gasteiger partial charge < -0.3 is 23.8 Å². The van der Waals surface area contributed by atoms with E-state index in [2.05, 4.69) is 15.2 Å². The molecule has 5 rings (SSSR count). The second-order valence-electron chi connectivity index (χ2n) is 7.87. The van der Waals surface area contributed by atoms with Gasteiger partial charge in [-0.15, -0.1) is 0 Å². The average molecular weight is 460 g/mol. The number of nitrogens with one attached hydrogen (secondary N) is 1. The zero-order valence-corrected chi connectivity index (χ0v) is 19.1. The molecule has 0 saturated carbocycles. The van der Waals surface area contributed by atoms with Crippen molar-refractivity contribution in [3.8, 4) is 34.4 Å². The largest absolute Gasteiger partial charge is 0.493 e. The maximum Gasteiger partial charge on any atom is 0.272 e. The van der Waals surface area contributed by atoms with Crippen molar-refractivity contribution in [2.75, 3.05) is 34.4 Å². The SMILES string of the molecule is COc1cc(-c2cc(C(=O)N3CC(Oc4ccc5ccccc5n4)C3)[nH]n2)cc(OC)c1OC. The Kier molecular flexibility index (Phi) is 5.67. The number of ether oxygens (including phenoxy) is 4. The number of para-hydroxylation sites is 1. The third-order valence-corrected chi connectivity index (χ3v) is 5.76. The first-order valence-corrected chi connectivity index (χ1v) is 10.8. The molecule has 0 bridgehead atoms. The standard InChI is InChI=1S/C25H24N4O5/c1-31-21-10-16(11-22(32-2)24(21)33-3)19-12-20(28-27-19)25(30)29-13-17(14-29)34-23-9-8-15-6-4-5-7-18(15)26-23/h4-12,17H,13-14H2,1-3H3,(H,27,28). The van der Waals surface area contributed by atoms with Crippen molar-refractivity contribution in [3.05, 3.63) is 60.3 Å². The number of likely N-dealkylation sites (tertiary alicyclic amines) is 1. The molecule has 4 aromatic rings. The fraction of sp³-hybridized carbons (Fsp3) is 0.240. The first-order chi connectivity index (χ1) is 16.6. The number of hydrogen-bond donors (Lipinski definition) is 1. The summed E-state index contributed by atoms with van der Waals surface area (Å²) in [6, 6.07) is 17.0. The fourth-order valence-corrected chi connectivity index (χ4v) is 3.94. The number of carbonyl (C=O) groups is 1. The average Bonchev–Trinajstić information content (AvgIpc) is 3.35. The molecule has 0 spiro atoms. The van der Waals surface area contributed by atoms with Crippen molar-refractivity contribution in [1.82, 2.24) is 20.1 Å². The van der Waals surface area contributed by atoms with Crippen LogP contribution in [0.15, 0.2) is 54.6 Å². The van der Waals surface area contributed by atoms with Crippen molar-refractivity contribution >= 4 is 16.8 Å². The van der Waals surface area contributed by atoms with E-state index >= 15 is 0 Å². The summed E-state index contributed by atoms with van der Waals surface area (Å²) in [7, 11) is 4.65. The summed E-state index contributed by atoms with van der Waals surface area (Å²) in [5, 5.41) is 8.20. The summed E-state index contributed by atoms with van der Waals surface area (Å²) in [6.07, 6.45) is -0.102. The lowest BCUT2D eigenvalue weighted by Gasteiger charge is -2.38. The molecule has 1 aliphatic rings. The number of aromatic nitrogens is 3. The molecule has 1 N–H and O–H groups in total. The maximum absolute atomic E-state index is 12.9. The van der Waals surface area contributed by atoms with Gasteiger partial charge >= 0.3 is 0 Å². The van der Waals surface area contributed by atoms with Crippen molar-refractivity contribution in [2.24, 2.45) is 0 Å². The summed E-state index contributed by atoms with van der Waals surface area (Å²) in [6.45, 7) is 0.956. The monoisotopic (exact) mass is 460 g/mol. The number of methoxy groups -OCH3 is 3. The number of carbonyl (C=O) groups excluding carboxylic acids is 1. The second kappa shape index (κ2) is 8.93. The Hall–Kier alpha value is -4.27. The molecule has 1 fully saturated rings. The normalized spacial score (nSPS) is 13.4. The third-order valence-electron chi connectivity index (χ3n) is 5.76. The molecule has 0 atom stereocenters. The van der Waals surface area contributed by atoms with Gasteiger partial charge in [0.2, 0.25) is 11.6 Å². The molecule has 3 heterocycles. The van der Waals surface area contributed by atoms with Gasteiger partial charge in [0.25, 0.3) is 5.91 Å². The number of amides is 1. The Balaban J connectivity index is 1.25.